The minimum absolute atomic E-state index is 0.117. The molecule has 28 heavy (non-hydrogen) atoms. The average molecular weight is 406 g/mol. The third kappa shape index (κ3) is 3.99. The smallest absolute Gasteiger partial charge is 0.263 e. The molecule has 0 bridgehead atoms. The Morgan fingerprint density at radius 2 is 2.14 bits per heavy atom. The number of likely N-dealkylation sites (tertiary alicyclic amines) is 1. The molecule has 2 aliphatic heterocycles. The Kier molecular flexibility index (Phi) is 6.08. The molecule has 0 aliphatic carbocycles. The zero-order valence-corrected chi connectivity index (χ0v) is 17.1. The predicted octanol–water partition coefficient (Wildman–Crippen LogP) is 3.24. The van der Waals surface area contributed by atoms with Crippen LogP contribution in [0.15, 0.2) is 22.0 Å². The van der Waals surface area contributed by atoms with Crippen LogP contribution in [0.5, 0.6) is 0 Å². The van der Waals surface area contributed by atoms with Crippen molar-refractivity contribution in [1.82, 2.24) is 15.0 Å². The van der Waals surface area contributed by atoms with E-state index in [1.54, 1.807) is 7.11 Å². The van der Waals surface area contributed by atoms with Gasteiger partial charge in [0.05, 0.1) is 4.88 Å². The lowest BCUT2D eigenvalue weighted by molar-refractivity contribution is 0.0620. The van der Waals surface area contributed by atoms with Crippen molar-refractivity contribution in [1.29, 1.82) is 0 Å². The van der Waals surface area contributed by atoms with E-state index < -0.39 is 0 Å². The van der Waals surface area contributed by atoms with Crippen molar-refractivity contribution in [3.63, 3.8) is 0 Å². The van der Waals surface area contributed by atoms with Crippen molar-refractivity contribution < 1.29 is 18.8 Å². The van der Waals surface area contributed by atoms with E-state index in [4.69, 9.17) is 19.0 Å². The maximum Gasteiger partial charge on any atom is 0.263 e. The molecular weight excluding hydrogens is 378 g/mol. The van der Waals surface area contributed by atoms with Gasteiger partial charge in [-0.3, -0.25) is 4.79 Å². The third-order valence-electron chi connectivity index (χ3n) is 6.01. The van der Waals surface area contributed by atoms with Crippen LogP contribution in [-0.4, -0.2) is 61.0 Å². The molecule has 152 valence electrons. The SMILES string of the molecule is COCCC1(c2noc(C3CCOCC3)n2)CCN(C(=O)c2cccs2)CC1. The zero-order valence-electron chi connectivity index (χ0n) is 16.3. The highest BCUT2D eigenvalue weighted by Gasteiger charge is 2.41. The maximum atomic E-state index is 12.7. The molecule has 4 heterocycles. The highest BCUT2D eigenvalue weighted by Crippen LogP contribution is 2.39. The largest absolute Gasteiger partial charge is 0.385 e. The van der Waals surface area contributed by atoms with Gasteiger partial charge in [-0.25, -0.2) is 0 Å². The normalized spacial score (nSPS) is 20.4. The minimum Gasteiger partial charge on any atom is -0.385 e. The van der Waals surface area contributed by atoms with Crippen LogP contribution >= 0.6 is 11.3 Å². The number of nitrogens with zero attached hydrogens (tertiary/aromatic N) is 3. The van der Waals surface area contributed by atoms with E-state index >= 15 is 0 Å². The van der Waals surface area contributed by atoms with E-state index in [1.165, 1.54) is 11.3 Å². The number of amides is 1. The number of hydrogen-bond acceptors (Lipinski definition) is 7. The van der Waals surface area contributed by atoms with Crippen molar-refractivity contribution in [2.75, 3.05) is 40.0 Å². The van der Waals surface area contributed by atoms with Crippen LogP contribution < -0.4 is 0 Å². The molecule has 4 rings (SSSR count). The number of ether oxygens (including phenoxy) is 2. The molecular formula is C20H27N3O4S. The summed E-state index contributed by atoms with van der Waals surface area (Å²) in [5.74, 6) is 1.91. The van der Waals surface area contributed by atoms with Gasteiger partial charge in [-0.05, 0) is 43.6 Å². The molecule has 2 fully saturated rings. The predicted molar refractivity (Wildman–Crippen MR) is 105 cm³/mol. The first-order chi connectivity index (χ1) is 13.7. The van der Waals surface area contributed by atoms with Crippen molar-refractivity contribution in [2.24, 2.45) is 0 Å². The van der Waals surface area contributed by atoms with Gasteiger partial charge in [0.15, 0.2) is 5.82 Å². The molecule has 0 atom stereocenters. The van der Waals surface area contributed by atoms with E-state index in [1.807, 2.05) is 22.4 Å². The Morgan fingerprint density at radius 3 is 2.82 bits per heavy atom. The Bertz CT molecular complexity index is 762. The quantitative estimate of drug-likeness (QED) is 0.734. The summed E-state index contributed by atoms with van der Waals surface area (Å²) in [6, 6.07) is 3.81. The van der Waals surface area contributed by atoms with Gasteiger partial charge in [-0.2, -0.15) is 4.98 Å². The molecule has 2 saturated heterocycles. The van der Waals surface area contributed by atoms with Crippen LogP contribution in [0.3, 0.4) is 0 Å². The summed E-state index contributed by atoms with van der Waals surface area (Å²) in [7, 11) is 1.72. The average Bonchev–Trinajstić information content (AvgIpc) is 3.45. The number of carbonyl (C=O) groups is 1. The van der Waals surface area contributed by atoms with Crippen LogP contribution in [0.25, 0.3) is 0 Å². The van der Waals surface area contributed by atoms with Crippen LogP contribution in [-0.2, 0) is 14.9 Å². The monoisotopic (exact) mass is 405 g/mol. The number of hydrogen-bond donors (Lipinski definition) is 0. The molecule has 8 heteroatoms. The standard InChI is InChI=1S/C20H27N3O4S/c1-25-13-8-20(19-21-17(27-22-19)15-4-11-26-12-5-15)6-9-23(10-7-20)18(24)16-3-2-14-28-16/h2-3,14-15H,4-13H2,1H3. The van der Waals surface area contributed by atoms with Gasteiger partial charge in [0.25, 0.3) is 5.91 Å². The van der Waals surface area contributed by atoms with Gasteiger partial charge in [0.2, 0.25) is 5.89 Å². The van der Waals surface area contributed by atoms with E-state index in [2.05, 4.69) is 5.16 Å². The lowest BCUT2D eigenvalue weighted by Crippen LogP contribution is -2.46. The van der Waals surface area contributed by atoms with Crippen molar-refractivity contribution in [3.05, 3.63) is 34.1 Å². The molecule has 2 aromatic rings. The summed E-state index contributed by atoms with van der Waals surface area (Å²) < 4.78 is 16.5. The molecule has 2 aromatic heterocycles. The van der Waals surface area contributed by atoms with Crippen molar-refractivity contribution in [2.45, 2.75) is 43.4 Å². The van der Waals surface area contributed by atoms with Gasteiger partial charge in [0, 0.05) is 51.4 Å². The summed E-state index contributed by atoms with van der Waals surface area (Å²) in [6.45, 7) is 3.52. The minimum atomic E-state index is -0.199. The second-order valence-corrected chi connectivity index (χ2v) is 8.58. The number of rotatable bonds is 6. The Balaban J connectivity index is 1.48. The topological polar surface area (TPSA) is 77.7 Å². The second kappa shape index (κ2) is 8.71. The van der Waals surface area contributed by atoms with Crippen molar-refractivity contribution >= 4 is 17.2 Å². The molecule has 0 unspecified atom stereocenters. The number of carbonyl (C=O) groups excluding carboxylic acids is 1. The fraction of sp³-hybridized carbons (Fsp3) is 0.650. The molecule has 0 saturated carbocycles. The molecule has 0 spiro atoms. The zero-order chi connectivity index (χ0) is 19.4. The highest BCUT2D eigenvalue weighted by atomic mass is 32.1. The number of thiophene rings is 1. The number of methoxy groups -OCH3 is 1. The first-order valence-corrected chi connectivity index (χ1v) is 10.8. The first-order valence-electron chi connectivity index (χ1n) is 9.95. The molecule has 0 N–H and O–H groups in total. The van der Waals surface area contributed by atoms with Gasteiger partial charge in [-0.1, -0.05) is 11.2 Å². The van der Waals surface area contributed by atoms with E-state index in [0.717, 1.165) is 61.9 Å². The number of piperidine rings is 1. The lowest BCUT2D eigenvalue weighted by Gasteiger charge is -2.39. The summed E-state index contributed by atoms with van der Waals surface area (Å²) >= 11 is 1.49. The summed E-state index contributed by atoms with van der Waals surface area (Å²) in [5.41, 5.74) is -0.199. The Labute approximate surface area is 169 Å². The highest BCUT2D eigenvalue weighted by molar-refractivity contribution is 7.12. The van der Waals surface area contributed by atoms with Gasteiger partial charge < -0.3 is 18.9 Å². The molecule has 0 radical (unpaired) electrons. The van der Waals surface area contributed by atoms with Gasteiger partial charge in [-0.15, -0.1) is 11.3 Å². The Hall–Kier alpha value is -1.77. The first kappa shape index (κ1) is 19.5. The van der Waals surface area contributed by atoms with E-state index in [0.29, 0.717) is 19.7 Å². The third-order valence-corrected chi connectivity index (χ3v) is 6.87. The fourth-order valence-electron chi connectivity index (χ4n) is 4.14. The fourth-order valence-corrected chi connectivity index (χ4v) is 4.83. The molecule has 0 aromatic carbocycles. The van der Waals surface area contributed by atoms with Gasteiger partial charge in [0.1, 0.15) is 0 Å². The van der Waals surface area contributed by atoms with Crippen molar-refractivity contribution in [3.8, 4) is 0 Å². The molecule has 1 amide bonds. The Morgan fingerprint density at radius 1 is 1.36 bits per heavy atom. The summed E-state index contributed by atoms with van der Waals surface area (Å²) in [6.07, 6.45) is 4.32. The maximum absolute atomic E-state index is 12.7. The summed E-state index contributed by atoms with van der Waals surface area (Å²) in [4.78, 5) is 20.2. The summed E-state index contributed by atoms with van der Waals surface area (Å²) in [5, 5.41) is 6.32. The van der Waals surface area contributed by atoms with Crippen LogP contribution in [0.4, 0.5) is 0 Å². The van der Waals surface area contributed by atoms with E-state index in [-0.39, 0.29) is 17.2 Å². The molecule has 2 aliphatic rings. The number of aromatic nitrogens is 2. The second-order valence-electron chi connectivity index (χ2n) is 7.64. The van der Waals surface area contributed by atoms with E-state index in [9.17, 15) is 4.79 Å². The van der Waals surface area contributed by atoms with Gasteiger partial charge >= 0.3 is 0 Å². The lowest BCUT2D eigenvalue weighted by atomic mass is 9.75. The van der Waals surface area contributed by atoms with Crippen LogP contribution in [0.2, 0.25) is 0 Å². The molecule has 7 nitrogen and oxygen atoms in total. The van der Waals surface area contributed by atoms with Crippen LogP contribution in [0, 0.1) is 0 Å². The van der Waals surface area contributed by atoms with Crippen LogP contribution in [0.1, 0.15) is 59.4 Å².